The molecule has 0 fully saturated rings. The molecule has 33 heavy (non-hydrogen) atoms. The molecule has 2 rings (SSSR count). The molecule has 0 bridgehead atoms. The second-order valence-electron chi connectivity index (χ2n) is 10.1. The molecule has 0 aliphatic heterocycles. The van der Waals surface area contributed by atoms with E-state index in [4.69, 9.17) is 4.74 Å². The van der Waals surface area contributed by atoms with Gasteiger partial charge >= 0.3 is 0 Å². The maximum Gasteiger partial charge on any atom is 0.242 e. The number of ether oxygens (including phenoxy) is 1. The number of rotatable bonds is 10. The van der Waals surface area contributed by atoms with Crippen molar-refractivity contribution in [3.63, 3.8) is 0 Å². The van der Waals surface area contributed by atoms with Crippen molar-refractivity contribution in [3.05, 3.63) is 65.2 Å². The monoisotopic (exact) mass is 452 g/mol. The molecule has 1 unspecified atom stereocenters. The lowest BCUT2D eigenvalue weighted by Crippen LogP contribution is -2.48. The Balaban J connectivity index is 2.12. The summed E-state index contributed by atoms with van der Waals surface area (Å²) in [5.74, 6) is 0.957. The smallest absolute Gasteiger partial charge is 0.242 e. The molecule has 1 N–H and O–H groups in total. The molecule has 1 atom stereocenters. The summed E-state index contributed by atoms with van der Waals surface area (Å²) < 4.78 is 5.23. The lowest BCUT2D eigenvalue weighted by Gasteiger charge is -2.29. The first-order valence-corrected chi connectivity index (χ1v) is 11.8. The summed E-state index contributed by atoms with van der Waals surface area (Å²) in [5, 5.41) is 2.96. The molecule has 5 nitrogen and oxygen atoms in total. The van der Waals surface area contributed by atoms with Gasteiger partial charge in [-0.2, -0.15) is 0 Å². The van der Waals surface area contributed by atoms with Gasteiger partial charge in [0.1, 0.15) is 11.8 Å². The number of aryl methyl sites for hydroxylation is 1. The van der Waals surface area contributed by atoms with Crippen LogP contribution in [0.2, 0.25) is 0 Å². The molecule has 0 heterocycles. The Bertz CT molecular complexity index is 896. The van der Waals surface area contributed by atoms with Crippen LogP contribution in [-0.4, -0.2) is 36.4 Å². The molecule has 180 valence electrons. The average molecular weight is 453 g/mol. The van der Waals surface area contributed by atoms with Gasteiger partial charge in [-0.3, -0.25) is 9.59 Å². The van der Waals surface area contributed by atoms with E-state index in [1.54, 1.807) is 18.9 Å². The van der Waals surface area contributed by atoms with E-state index in [2.05, 4.69) is 64.2 Å². The van der Waals surface area contributed by atoms with Crippen LogP contribution in [0.4, 0.5) is 0 Å². The van der Waals surface area contributed by atoms with Gasteiger partial charge in [-0.25, -0.2) is 0 Å². The minimum absolute atomic E-state index is 0.0297. The van der Waals surface area contributed by atoms with E-state index in [1.165, 1.54) is 5.56 Å². The lowest BCUT2D eigenvalue weighted by molar-refractivity contribution is -0.140. The molecule has 0 spiro atoms. The predicted molar refractivity (Wildman–Crippen MR) is 134 cm³/mol. The molecule has 0 aromatic heterocycles. The van der Waals surface area contributed by atoms with E-state index in [0.29, 0.717) is 31.8 Å². The maximum atomic E-state index is 13.3. The molecule has 0 saturated carbocycles. The highest BCUT2D eigenvalue weighted by Gasteiger charge is 2.26. The first-order valence-electron chi connectivity index (χ1n) is 11.8. The highest BCUT2D eigenvalue weighted by Crippen LogP contribution is 2.23. The van der Waals surface area contributed by atoms with E-state index < -0.39 is 6.04 Å². The second-order valence-corrected chi connectivity index (χ2v) is 10.1. The number of hydrogen-bond acceptors (Lipinski definition) is 3. The van der Waals surface area contributed by atoms with Crippen molar-refractivity contribution >= 4 is 11.8 Å². The summed E-state index contributed by atoms with van der Waals surface area (Å²) in [6.07, 6.45) is 0.996. The fourth-order valence-electron chi connectivity index (χ4n) is 3.53. The summed E-state index contributed by atoms with van der Waals surface area (Å²) in [6, 6.07) is 15.5. The maximum absolute atomic E-state index is 13.3. The van der Waals surface area contributed by atoms with Crippen LogP contribution >= 0.6 is 0 Å². The van der Waals surface area contributed by atoms with E-state index in [0.717, 1.165) is 16.9 Å². The van der Waals surface area contributed by atoms with Gasteiger partial charge in [-0.1, -0.05) is 71.0 Å². The van der Waals surface area contributed by atoms with Gasteiger partial charge in [0.05, 0.1) is 7.11 Å². The Kier molecular flexibility index (Phi) is 9.51. The first kappa shape index (κ1) is 26.4. The number of benzene rings is 2. The molecule has 0 saturated heterocycles. The summed E-state index contributed by atoms with van der Waals surface area (Å²) in [5.41, 5.74) is 3.46. The molecule has 0 radical (unpaired) electrons. The molecule has 2 aromatic carbocycles. The van der Waals surface area contributed by atoms with E-state index in [1.807, 2.05) is 24.3 Å². The Morgan fingerprint density at radius 3 is 2.03 bits per heavy atom. The van der Waals surface area contributed by atoms with Crippen LogP contribution in [0.3, 0.4) is 0 Å². The fraction of sp³-hybridized carbons (Fsp3) is 0.500. The van der Waals surface area contributed by atoms with Crippen LogP contribution in [0.25, 0.3) is 0 Å². The van der Waals surface area contributed by atoms with Crippen molar-refractivity contribution < 1.29 is 14.3 Å². The zero-order chi connectivity index (χ0) is 24.6. The van der Waals surface area contributed by atoms with Gasteiger partial charge in [-0.15, -0.1) is 0 Å². The van der Waals surface area contributed by atoms with Crippen LogP contribution in [-0.2, 0) is 28.0 Å². The van der Waals surface area contributed by atoms with Crippen LogP contribution in [0, 0.1) is 5.92 Å². The van der Waals surface area contributed by atoms with Gasteiger partial charge in [0.25, 0.3) is 0 Å². The summed E-state index contributed by atoms with van der Waals surface area (Å²) in [4.78, 5) is 27.7. The van der Waals surface area contributed by atoms with Crippen LogP contribution in [0.15, 0.2) is 48.5 Å². The highest BCUT2D eigenvalue weighted by molar-refractivity contribution is 5.87. The van der Waals surface area contributed by atoms with Gasteiger partial charge in [0, 0.05) is 19.5 Å². The lowest BCUT2D eigenvalue weighted by atomic mass is 9.86. The molecule has 0 aliphatic carbocycles. The fourth-order valence-corrected chi connectivity index (χ4v) is 3.53. The predicted octanol–water partition coefficient (Wildman–Crippen LogP) is 5.11. The highest BCUT2D eigenvalue weighted by atomic mass is 16.5. The van der Waals surface area contributed by atoms with Crippen LogP contribution < -0.4 is 10.1 Å². The van der Waals surface area contributed by atoms with Crippen molar-refractivity contribution in [2.24, 2.45) is 5.92 Å². The molecule has 2 aromatic rings. The standard InChI is InChI=1S/C28H40N2O3/c1-20(2)18-29-27(32)21(3)30(19-23-10-15-25(33-7)16-11-23)26(31)17-12-22-8-13-24(14-9-22)28(4,5)6/h8-11,13-16,20-21H,12,17-19H2,1-7H3,(H,29,32). The van der Waals surface area contributed by atoms with Crippen LogP contribution in [0.5, 0.6) is 5.75 Å². The number of nitrogens with zero attached hydrogens (tertiary/aromatic N) is 1. The Labute approximate surface area is 199 Å². The minimum Gasteiger partial charge on any atom is -0.497 e. The number of carbonyl (C=O) groups excluding carboxylic acids is 2. The van der Waals surface area contributed by atoms with Crippen molar-refractivity contribution in [2.75, 3.05) is 13.7 Å². The molecular weight excluding hydrogens is 412 g/mol. The average Bonchev–Trinajstić information content (AvgIpc) is 2.79. The van der Waals surface area contributed by atoms with Crippen molar-refractivity contribution in [2.45, 2.75) is 72.4 Å². The third kappa shape index (κ3) is 8.23. The Morgan fingerprint density at radius 2 is 1.52 bits per heavy atom. The van der Waals surface area contributed by atoms with Crippen molar-refractivity contribution in [1.29, 1.82) is 0 Å². The van der Waals surface area contributed by atoms with Gasteiger partial charge in [0.15, 0.2) is 0 Å². The van der Waals surface area contributed by atoms with Crippen molar-refractivity contribution in [3.8, 4) is 5.75 Å². The topological polar surface area (TPSA) is 58.6 Å². The molecular formula is C28H40N2O3. The number of carbonyl (C=O) groups is 2. The van der Waals surface area contributed by atoms with Gasteiger partial charge < -0.3 is 15.0 Å². The SMILES string of the molecule is COc1ccc(CN(C(=O)CCc2ccc(C(C)(C)C)cc2)C(C)C(=O)NCC(C)C)cc1. The molecule has 2 amide bonds. The zero-order valence-electron chi connectivity index (χ0n) is 21.3. The number of methoxy groups -OCH3 is 1. The summed E-state index contributed by atoms with van der Waals surface area (Å²) in [7, 11) is 1.63. The largest absolute Gasteiger partial charge is 0.497 e. The summed E-state index contributed by atoms with van der Waals surface area (Å²) >= 11 is 0. The minimum atomic E-state index is -0.554. The normalized spacial score (nSPS) is 12.4. The second kappa shape index (κ2) is 11.9. The van der Waals surface area contributed by atoms with Crippen molar-refractivity contribution in [1.82, 2.24) is 10.2 Å². The number of amides is 2. The van der Waals surface area contributed by atoms with E-state index in [-0.39, 0.29) is 17.2 Å². The van der Waals surface area contributed by atoms with E-state index in [9.17, 15) is 9.59 Å². The van der Waals surface area contributed by atoms with Gasteiger partial charge in [0.2, 0.25) is 11.8 Å². The summed E-state index contributed by atoms with van der Waals surface area (Å²) in [6.45, 7) is 13.4. The molecule has 0 aliphatic rings. The van der Waals surface area contributed by atoms with E-state index >= 15 is 0 Å². The quantitative estimate of drug-likeness (QED) is 0.545. The Hall–Kier alpha value is -2.82. The van der Waals surface area contributed by atoms with Crippen LogP contribution in [0.1, 0.15) is 64.7 Å². The number of nitrogens with one attached hydrogen (secondary N) is 1. The third-order valence-corrected chi connectivity index (χ3v) is 5.81. The zero-order valence-corrected chi connectivity index (χ0v) is 21.3. The Morgan fingerprint density at radius 1 is 0.939 bits per heavy atom. The number of hydrogen-bond donors (Lipinski definition) is 1. The molecule has 5 heteroatoms. The first-order chi connectivity index (χ1) is 15.5. The van der Waals surface area contributed by atoms with Gasteiger partial charge in [-0.05, 0) is 53.5 Å². The third-order valence-electron chi connectivity index (χ3n) is 5.81.